The molecule has 2 rings (SSSR count). The summed E-state index contributed by atoms with van der Waals surface area (Å²) in [6.07, 6.45) is 1.46. The molecule has 0 aliphatic heterocycles. The molecule has 0 saturated heterocycles. The Morgan fingerprint density at radius 1 is 1.35 bits per heavy atom. The van der Waals surface area contributed by atoms with E-state index in [0.717, 1.165) is 4.47 Å². The van der Waals surface area contributed by atoms with Gasteiger partial charge in [-0.05, 0) is 46.3 Å². The standard InChI is InChI=1S/C13H9BrClN3OS/c14-9-3-2-8(15)5-11(9)18-13(19)10-4-1-7(6-17-10)12(16)20/h1-6H,(H2,16,20)(H,18,19). The molecule has 0 aliphatic carbocycles. The number of benzene rings is 1. The second kappa shape index (κ2) is 6.30. The van der Waals surface area contributed by atoms with Gasteiger partial charge in [0.1, 0.15) is 10.7 Å². The Hall–Kier alpha value is -1.50. The Morgan fingerprint density at radius 3 is 2.70 bits per heavy atom. The maximum atomic E-state index is 12.1. The molecular formula is C13H9BrClN3OS. The van der Waals surface area contributed by atoms with Gasteiger partial charge in [0.2, 0.25) is 0 Å². The van der Waals surface area contributed by atoms with Gasteiger partial charge in [-0.15, -0.1) is 0 Å². The van der Waals surface area contributed by atoms with Crippen LogP contribution in [-0.4, -0.2) is 15.9 Å². The second-order valence-electron chi connectivity index (χ2n) is 3.87. The van der Waals surface area contributed by atoms with Crippen molar-refractivity contribution in [3.05, 3.63) is 57.3 Å². The third kappa shape index (κ3) is 3.53. The van der Waals surface area contributed by atoms with Crippen molar-refractivity contribution in [2.75, 3.05) is 5.32 Å². The monoisotopic (exact) mass is 369 g/mol. The second-order valence-corrected chi connectivity index (χ2v) is 5.61. The Bertz CT molecular complexity index is 676. The maximum Gasteiger partial charge on any atom is 0.274 e. The first-order chi connectivity index (χ1) is 9.47. The molecule has 1 aromatic heterocycles. The van der Waals surface area contributed by atoms with Gasteiger partial charge in [-0.3, -0.25) is 9.78 Å². The lowest BCUT2D eigenvalue weighted by molar-refractivity contribution is 0.102. The van der Waals surface area contributed by atoms with Crippen molar-refractivity contribution < 1.29 is 4.79 Å². The Kier molecular flexibility index (Phi) is 4.69. The largest absolute Gasteiger partial charge is 0.389 e. The minimum Gasteiger partial charge on any atom is -0.389 e. The van der Waals surface area contributed by atoms with Gasteiger partial charge in [-0.2, -0.15) is 0 Å². The molecule has 0 fully saturated rings. The van der Waals surface area contributed by atoms with Crippen LogP contribution in [-0.2, 0) is 0 Å². The number of hydrogen-bond donors (Lipinski definition) is 2. The number of nitrogens with two attached hydrogens (primary N) is 1. The van der Waals surface area contributed by atoms with Crippen molar-refractivity contribution in [2.45, 2.75) is 0 Å². The molecule has 0 aliphatic rings. The smallest absolute Gasteiger partial charge is 0.274 e. The van der Waals surface area contributed by atoms with Crippen LogP contribution < -0.4 is 11.1 Å². The van der Waals surface area contributed by atoms with E-state index in [1.54, 1.807) is 30.3 Å². The number of pyridine rings is 1. The third-order valence-electron chi connectivity index (χ3n) is 2.46. The normalized spacial score (nSPS) is 10.1. The lowest BCUT2D eigenvalue weighted by atomic mass is 10.2. The van der Waals surface area contributed by atoms with Crippen molar-refractivity contribution in [3.63, 3.8) is 0 Å². The van der Waals surface area contributed by atoms with Gasteiger partial charge >= 0.3 is 0 Å². The first-order valence-corrected chi connectivity index (χ1v) is 7.07. The Labute approximate surface area is 134 Å². The van der Waals surface area contributed by atoms with Crippen molar-refractivity contribution in [3.8, 4) is 0 Å². The predicted molar refractivity (Wildman–Crippen MR) is 87.2 cm³/mol. The van der Waals surface area contributed by atoms with Gasteiger partial charge in [0, 0.05) is 21.3 Å². The van der Waals surface area contributed by atoms with E-state index in [4.69, 9.17) is 29.6 Å². The van der Waals surface area contributed by atoms with Gasteiger partial charge in [0.15, 0.2) is 0 Å². The molecule has 2 aromatic rings. The van der Waals surface area contributed by atoms with Crippen LogP contribution >= 0.6 is 39.7 Å². The molecule has 0 unspecified atom stereocenters. The number of rotatable bonds is 3. The topological polar surface area (TPSA) is 68.0 Å². The molecule has 0 radical (unpaired) electrons. The molecular weight excluding hydrogens is 362 g/mol. The summed E-state index contributed by atoms with van der Waals surface area (Å²) in [6, 6.07) is 8.32. The third-order valence-corrected chi connectivity index (χ3v) is 3.62. The number of nitrogens with one attached hydrogen (secondary N) is 1. The molecule has 1 aromatic carbocycles. The van der Waals surface area contributed by atoms with Gasteiger partial charge in [0.05, 0.1) is 5.69 Å². The highest BCUT2D eigenvalue weighted by Gasteiger charge is 2.10. The highest BCUT2D eigenvalue weighted by atomic mass is 79.9. The molecule has 0 atom stereocenters. The number of anilines is 1. The Balaban J connectivity index is 2.19. The summed E-state index contributed by atoms with van der Waals surface area (Å²) >= 11 is 14.0. The molecule has 20 heavy (non-hydrogen) atoms. The van der Waals surface area contributed by atoms with Gasteiger partial charge in [-0.1, -0.05) is 23.8 Å². The number of carbonyl (C=O) groups excluding carboxylic acids is 1. The molecule has 3 N–H and O–H groups in total. The highest BCUT2D eigenvalue weighted by molar-refractivity contribution is 9.10. The lowest BCUT2D eigenvalue weighted by Gasteiger charge is -2.07. The SMILES string of the molecule is NC(=S)c1ccc(C(=O)Nc2cc(Cl)ccc2Br)nc1. The number of hydrogen-bond acceptors (Lipinski definition) is 3. The summed E-state index contributed by atoms with van der Waals surface area (Å²) in [5.41, 5.74) is 6.91. The number of amides is 1. The summed E-state index contributed by atoms with van der Waals surface area (Å²) in [5.74, 6) is -0.345. The summed E-state index contributed by atoms with van der Waals surface area (Å²) in [6.45, 7) is 0. The van der Waals surface area contributed by atoms with Crippen LogP contribution in [0, 0.1) is 0 Å². The first-order valence-electron chi connectivity index (χ1n) is 5.49. The number of thiocarbonyl (C=S) groups is 1. The fourth-order valence-corrected chi connectivity index (χ4v) is 2.09. The lowest BCUT2D eigenvalue weighted by Crippen LogP contribution is -2.15. The van der Waals surface area contributed by atoms with Crippen LogP contribution in [0.4, 0.5) is 5.69 Å². The number of aromatic nitrogens is 1. The summed E-state index contributed by atoms with van der Waals surface area (Å²) in [5, 5.41) is 3.25. The van der Waals surface area contributed by atoms with E-state index in [0.29, 0.717) is 16.3 Å². The van der Waals surface area contributed by atoms with E-state index in [1.807, 2.05) is 0 Å². The van der Waals surface area contributed by atoms with Gasteiger partial charge < -0.3 is 11.1 Å². The van der Waals surface area contributed by atoms with Crippen LogP contribution in [0.15, 0.2) is 41.0 Å². The molecule has 0 saturated carbocycles. The number of nitrogens with zero attached hydrogens (tertiary/aromatic N) is 1. The zero-order valence-corrected chi connectivity index (χ0v) is 13.2. The van der Waals surface area contributed by atoms with Crippen molar-refractivity contribution in [1.29, 1.82) is 0 Å². The average molecular weight is 371 g/mol. The van der Waals surface area contributed by atoms with E-state index in [1.165, 1.54) is 6.20 Å². The molecule has 0 bridgehead atoms. The highest BCUT2D eigenvalue weighted by Crippen LogP contribution is 2.26. The predicted octanol–water partition coefficient (Wildman–Crippen LogP) is 3.38. The van der Waals surface area contributed by atoms with Crippen molar-refractivity contribution >= 4 is 56.3 Å². The molecule has 102 valence electrons. The Morgan fingerprint density at radius 2 is 2.10 bits per heavy atom. The van der Waals surface area contributed by atoms with Crippen molar-refractivity contribution in [1.82, 2.24) is 4.98 Å². The fraction of sp³-hybridized carbons (Fsp3) is 0. The summed E-state index contributed by atoms with van der Waals surface area (Å²) in [7, 11) is 0. The molecule has 1 heterocycles. The van der Waals surface area contributed by atoms with Gasteiger partial charge in [0.25, 0.3) is 5.91 Å². The summed E-state index contributed by atoms with van der Waals surface area (Å²) < 4.78 is 0.731. The molecule has 1 amide bonds. The number of halogens is 2. The zero-order valence-electron chi connectivity index (χ0n) is 10.1. The quantitative estimate of drug-likeness (QED) is 0.813. The van der Waals surface area contributed by atoms with Crippen LogP contribution in [0.2, 0.25) is 5.02 Å². The van der Waals surface area contributed by atoms with Gasteiger partial charge in [-0.25, -0.2) is 0 Å². The fourth-order valence-electron chi connectivity index (χ4n) is 1.45. The molecule has 7 heteroatoms. The van der Waals surface area contributed by atoms with E-state index in [2.05, 4.69) is 26.2 Å². The first kappa shape index (κ1) is 14.9. The van der Waals surface area contributed by atoms with Crippen LogP contribution in [0.1, 0.15) is 16.1 Å². The maximum absolute atomic E-state index is 12.1. The average Bonchev–Trinajstić information content (AvgIpc) is 2.43. The molecule has 0 spiro atoms. The van der Waals surface area contributed by atoms with E-state index in [-0.39, 0.29) is 16.6 Å². The zero-order chi connectivity index (χ0) is 14.7. The van der Waals surface area contributed by atoms with E-state index in [9.17, 15) is 4.79 Å². The van der Waals surface area contributed by atoms with E-state index >= 15 is 0 Å². The summed E-state index contributed by atoms with van der Waals surface area (Å²) in [4.78, 5) is 16.3. The van der Waals surface area contributed by atoms with Crippen LogP contribution in [0.3, 0.4) is 0 Å². The van der Waals surface area contributed by atoms with E-state index < -0.39 is 0 Å². The van der Waals surface area contributed by atoms with Crippen LogP contribution in [0.5, 0.6) is 0 Å². The minimum absolute atomic E-state index is 0.238. The molecule has 4 nitrogen and oxygen atoms in total. The number of carbonyl (C=O) groups is 1. The van der Waals surface area contributed by atoms with Crippen LogP contribution in [0.25, 0.3) is 0 Å². The minimum atomic E-state index is -0.345. The van der Waals surface area contributed by atoms with Crippen molar-refractivity contribution in [2.24, 2.45) is 5.73 Å².